The predicted octanol–water partition coefficient (Wildman–Crippen LogP) is 3.62. The maximum absolute atomic E-state index is 11.8. The third kappa shape index (κ3) is 2.59. The first kappa shape index (κ1) is 14.6. The summed E-state index contributed by atoms with van der Waals surface area (Å²) >= 11 is 7.95. The van der Waals surface area contributed by atoms with Crippen LogP contribution in [0.5, 0.6) is 0 Å². The van der Waals surface area contributed by atoms with Crippen LogP contribution in [0.2, 0.25) is 5.02 Å². The van der Waals surface area contributed by atoms with Crippen LogP contribution in [0.3, 0.4) is 0 Å². The van der Waals surface area contributed by atoms with E-state index in [9.17, 15) is 4.79 Å². The Hall–Kier alpha value is -1.36. The molecule has 0 saturated carbocycles. The summed E-state index contributed by atoms with van der Waals surface area (Å²) in [5.74, 6) is 0.149. The number of anilines is 1. The summed E-state index contributed by atoms with van der Waals surface area (Å²) in [7, 11) is 1.83. The topological polar surface area (TPSA) is 32.3 Å². The van der Waals surface area contributed by atoms with Crippen LogP contribution in [0.1, 0.15) is 29.0 Å². The number of nitrogens with zero attached hydrogens (tertiary/aromatic N) is 1. The molecule has 1 aromatic carbocycles. The second-order valence-electron chi connectivity index (χ2n) is 5.14. The van der Waals surface area contributed by atoms with Crippen LogP contribution in [0.25, 0.3) is 0 Å². The van der Waals surface area contributed by atoms with E-state index in [1.54, 1.807) is 16.2 Å². The van der Waals surface area contributed by atoms with Gasteiger partial charge in [-0.15, -0.1) is 11.3 Å². The Labute approximate surface area is 133 Å². The van der Waals surface area contributed by atoms with Crippen LogP contribution in [0.4, 0.5) is 5.69 Å². The monoisotopic (exact) mass is 320 g/mol. The molecule has 2 aromatic rings. The van der Waals surface area contributed by atoms with Crippen LogP contribution >= 0.6 is 22.9 Å². The molecule has 1 aliphatic rings. The molecule has 0 bridgehead atoms. The molecule has 1 N–H and O–H groups in total. The molecule has 0 aliphatic carbocycles. The van der Waals surface area contributed by atoms with Crippen LogP contribution in [-0.4, -0.2) is 19.5 Å². The number of rotatable bonds is 4. The molecule has 110 valence electrons. The van der Waals surface area contributed by atoms with E-state index in [1.807, 2.05) is 24.6 Å². The lowest BCUT2D eigenvalue weighted by atomic mass is 10.0. The van der Waals surface area contributed by atoms with E-state index in [4.69, 9.17) is 11.6 Å². The van der Waals surface area contributed by atoms with Crippen LogP contribution in [0, 0.1) is 0 Å². The molecule has 1 amide bonds. The number of benzene rings is 1. The van der Waals surface area contributed by atoms with Gasteiger partial charge in [-0.3, -0.25) is 4.79 Å². The number of halogens is 1. The van der Waals surface area contributed by atoms with E-state index < -0.39 is 0 Å². The smallest absolute Gasteiger partial charge is 0.231 e. The van der Waals surface area contributed by atoms with Crippen molar-refractivity contribution in [2.24, 2.45) is 0 Å². The Morgan fingerprint density at radius 3 is 2.90 bits per heavy atom. The number of thiophene rings is 1. The molecule has 2 heterocycles. The Kier molecular flexibility index (Phi) is 4.02. The standard InChI is InChI=1S/C16H17ClN2OS/c1-3-18-15(16-12(17)6-7-21-16)10-4-5-13-11(8-10)9-14(20)19(13)2/h4-8,15,18H,3,9H2,1-2H3. The minimum absolute atomic E-state index is 0.0776. The van der Waals surface area contributed by atoms with Crippen molar-refractivity contribution in [3.63, 3.8) is 0 Å². The number of carbonyl (C=O) groups is 1. The van der Waals surface area contributed by atoms with Crippen molar-refractivity contribution in [2.75, 3.05) is 18.5 Å². The molecular formula is C16H17ClN2OS. The van der Waals surface area contributed by atoms with Crippen molar-refractivity contribution in [3.8, 4) is 0 Å². The number of fused-ring (bicyclic) bond motifs is 1. The van der Waals surface area contributed by atoms with E-state index >= 15 is 0 Å². The molecule has 0 spiro atoms. The normalized spacial score (nSPS) is 15.4. The van der Waals surface area contributed by atoms with Gasteiger partial charge in [-0.05, 0) is 35.2 Å². The van der Waals surface area contributed by atoms with Gasteiger partial charge in [0, 0.05) is 17.6 Å². The largest absolute Gasteiger partial charge is 0.315 e. The minimum Gasteiger partial charge on any atom is -0.315 e. The summed E-state index contributed by atoms with van der Waals surface area (Å²) in [5.41, 5.74) is 3.26. The summed E-state index contributed by atoms with van der Waals surface area (Å²) < 4.78 is 0. The summed E-state index contributed by atoms with van der Waals surface area (Å²) in [6.45, 7) is 2.94. The number of nitrogens with one attached hydrogen (secondary N) is 1. The molecule has 1 aromatic heterocycles. The van der Waals surface area contributed by atoms with Crippen LogP contribution in [0.15, 0.2) is 29.6 Å². The zero-order valence-electron chi connectivity index (χ0n) is 12.0. The molecule has 21 heavy (non-hydrogen) atoms. The Balaban J connectivity index is 2.00. The highest BCUT2D eigenvalue weighted by Gasteiger charge is 2.26. The molecule has 0 radical (unpaired) electrons. The Morgan fingerprint density at radius 1 is 1.43 bits per heavy atom. The number of hydrogen-bond acceptors (Lipinski definition) is 3. The van der Waals surface area contributed by atoms with Crippen molar-refractivity contribution >= 4 is 34.5 Å². The van der Waals surface area contributed by atoms with Gasteiger partial charge < -0.3 is 10.2 Å². The van der Waals surface area contributed by atoms with Gasteiger partial charge in [-0.25, -0.2) is 0 Å². The van der Waals surface area contributed by atoms with E-state index in [1.165, 1.54) is 0 Å². The fraction of sp³-hybridized carbons (Fsp3) is 0.312. The molecule has 3 rings (SSSR count). The second kappa shape index (κ2) is 5.79. The van der Waals surface area contributed by atoms with Gasteiger partial charge in [0.2, 0.25) is 5.91 Å². The highest BCUT2D eigenvalue weighted by atomic mass is 35.5. The number of carbonyl (C=O) groups excluding carboxylic acids is 1. The van der Waals surface area contributed by atoms with E-state index in [0.717, 1.165) is 33.3 Å². The van der Waals surface area contributed by atoms with Crippen molar-refractivity contribution in [1.82, 2.24) is 5.32 Å². The van der Waals surface area contributed by atoms with Gasteiger partial charge in [-0.2, -0.15) is 0 Å². The summed E-state index contributed by atoms with van der Waals surface area (Å²) in [6, 6.07) is 8.24. The lowest BCUT2D eigenvalue weighted by molar-refractivity contribution is -0.117. The first-order valence-electron chi connectivity index (χ1n) is 6.97. The number of amides is 1. The van der Waals surface area contributed by atoms with Gasteiger partial charge in [0.05, 0.1) is 17.5 Å². The van der Waals surface area contributed by atoms with Gasteiger partial charge >= 0.3 is 0 Å². The van der Waals surface area contributed by atoms with Gasteiger partial charge in [0.25, 0.3) is 0 Å². The fourth-order valence-corrected chi connectivity index (χ4v) is 4.01. The van der Waals surface area contributed by atoms with Crippen LogP contribution < -0.4 is 10.2 Å². The van der Waals surface area contributed by atoms with Crippen LogP contribution in [-0.2, 0) is 11.2 Å². The zero-order valence-corrected chi connectivity index (χ0v) is 13.6. The zero-order chi connectivity index (χ0) is 15.0. The number of hydrogen-bond donors (Lipinski definition) is 1. The molecule has 1 aliphatic heterocycles. The third-order valence-corrected chi connectivity index (χ3v) is 5.25. The Morgan fingerprint density at radius 2 is 2.24 bits per heavy atom. The third-order valence-electron chi connectivity index (χ3n) is 3.83. The maximum atomic E-state index is 11.8. The van der Waals surface area contributed by atoms with E-state index in [-0.39, 0.29) is 11.9 Å². The SMILES string of the molecule is CCNC(c1ccc2c(c1)CC(=O)N2C)c1sccc1Cl. The first-order chi connectivity index (χ1) is 10.1. The quantitative estimate of drug-likeness (QED) is 0.933. The van der Waals surface area contributed by atoms with E-state index in [0.29, 0.717) is 6.42 Å². The summed E-state index contributed by atoms with van der Waals surface area (Å²) in [5, 5.41) is 6.28. The van der Waals surface area contributed by atoms with Gasteiger partial charge in [-0.1, -0.05) is 30.7 Å². The molecular weight excluding hydrogens is 304 g/mol. The van der Waals surface area contributed by atoms with Gasteiger partial charge in [0.1, 0.15) is 0 Å². The van der Waals surface area contributed by atoms with Crippen molar-refractivity contribution in [3.05, 3.63) is 50.7 Å². The molecule has 1 atom stereocenters. The lowest BCUT2D eigenvalue weighted by Gasteiger charge is -2.19. The molecule has 1 unspecified atom stereocenters. The molecule has 0 saturated heterocycles. The summed E-state index contributed by atoms with van der Waals surface area (Å²) in [4.78, 5) is 14.7. The highest BCUT2D eigenvalue weighted by Crippen LogP contribution is 2.36. The average molecular weight is 321 g/mol. The van der Waals surface area contributed by atoms with E-state index in [2.05, 4.69) is 24.4 Å². The lowest BCUT2D eigenvalue weighted by Crippen LogP contribution is -2.21. The second-order valence-corrected chi connectivity index (χ2v) is 6.50. The average Bonchev–Trinajstić information content (AvgIpc) is 3.01. The Bertz CT molecular complexity index is 683. The minimum atomic E-state index is 0.0776. The van der Waals surface area contributed by atoms with Crippen molar-refractivity contribution in [2.45, 2.75) is 19.4 Å². The molecule has 0 fully saturated rings. The molecule has 5 heteroatoms. The summed E-state index contributed by atoms with van der Waals surface area (Å²) in [6.07, 6.45) is 0.483. The molecule has 3 nitrogen and oxygen atoms in total. The first-order valence-corrected chi connectivity index (χ1v) is 8.23. The fourth-order valence-electron chi connectivity index (χ4n) is 2.75. The number of likely N-dealkylation sites (N-methyl/N-ethyl adjacent to an activating group) is 1. The maximum Gasteiger partial charge on any atom is 0.231 e. The van der Waals surface area contributed by atoms with Crippen molar-refractivity contribution in [1.29, 1.82) is 0 Å². The predicted molar refractivity (Wildman–Crippen MR) is 88.4 cm³/mol. The van der Waals surface area contributed by atoms with Crippen molar-refractivity contribution < 1.29 is 4.79 Å². The highest BCUT2D eigenvalue weighted by molar-refractivity contribution is 7.10. The van der Waals surface area contributed by atoms with Gasteiger partial charge in [0.15, 0.2) is 0 Å².